The Morgan fingerprint density at radius 3 is 2.27 bits per heavy atom. The molecule has 0 unspecified atom stereocenters. The highest BCUT2D eigenvalue weighted by molar-refractivity contribution is 5.67. The number of hydrogen-bond acceptors (Lipinski definition) is 3. The molecule has 2 N–H and O–H groups in total. The van der Waals surface area contributed by atoms with Crippen LogP contribution in [0.15, 0.2) is 30.3 Å². The van der Waals surface area contributed by atoms with E-state index in [2.05, 4.69) is 10.6 Å². The summed E-state index contributed by atoms with van der Waals surface area (Å²) in [5.74, 6) is -1.14. The fourth-order valence-corrected chi connectivity index (χ4v) is 3.72. The highest BCUT2D eigenvalue weighted by atomic mass is 19.4. The fourth-order valence-electron chi connectivity index (χ4n) is 3.72. The van der Waals surface area contributed by atoms with Crippen molar-refractivity contribution in [3.63, 3.8) is 0 Å². The van der Waals surface area contributed by atoms with Crippen LogP contribution in [0.25, 0.3) is 0 Å². The number of halogens is 3. The van der Waals surface area contributed by atoms with Crippen LogP contribution in [0.3, 0.4) is 0 Å². The van der Waals surface area contributed by atoms with E-state index in [9.17, 15) is 18.0 Å². The maximum absolute atomic E-state index is 12.7. The van der Waals surface area contributed by atoms with Crippen molar-refractivity contribution in [1.82, 2.24) is 10.6 Å². The summed E-state index contributed by atoms with van der Waals surface area (Å²) >= 11 is 0. The molecule has 0 radical (unpaired) electrons. The average Bonchev–Trinajstić information content (AvgIpc) is 2.58. The molecule has 1 aromatic carbocycles. The van der Waals surface area contributed by atoms with E-state index in [4.69, 9.17) is 4.74 Å². The second-order valence-corrected chi connectivity index (χ2v) is 7.33. The van der Waals surface area contributed by atoms with Gasteiger partial charge in [-0.2, -0.15) is 13.2 Å². The first-order chi connectivity index (χ1) is 12.4. The molecule has 0 spiro atoms. The van der Waals surface area contributed by atoms with Gasteiger partial charge in [-0.1, -0.05) is 30.3 Å². The number of rotatable bonds is 5. The second kappa shape index (κ2) is 8.29. The molecule has 3 rings (SSSR count). The molecule has 26 heavy (non-hydrogen) atoms. The monoisotopic (exact) mass is 370 g/mol. The molecule has 7 heteroatoms. The predicted octanol–water partition coefficient (Wildman–Crippen LogP) is 4.15. The number of nitrogens with one attached hydrogen (secondary N) is 2. The highest BCUT2D eigenvalue weighted by Gasteiger charge is 2.42. The summed E-state index contributed by atoms with van der Waals surface area (Å²) in [6.45, 7) is 0.240. The van der Waals surface area contributed by atoms with Gasteiger partial charge in [-0.3, -0.25) is 0 Å². The van der Waals surface area contributed by atoms with Gasteiger partial charge < -0.3 is 15.4 Å². The molecule has 0 aromatic heterocycles. The summed E-state index contributed by atoms with van der Waals surface area (Å²) in [7, 11) is 0. The van der Waals surface area contributed by atoms with E-state index in [1.54, 1.807) is 0 Å². The van der Waals surface area contributed by atoms with Crippen molar-refractivity contribution in [2.75, 3.05) is 0 Å². The molecule has 0 heterocycles. The van der Waals surface area contributed by atoms with E-state index in [1.807, 2.05) is 30.3 Å². The quantitative estimate of drug-likeness (QED) is 0.819. The fraction of sp³-hybridized carbons (Fsp3) is 0.632. The Morgan fingerprint density at radius 1 is 1.00 bits per heavy atom. The summed E-state index contributed by atoms with van der Waals surface area (Å²) in [5, 5.41) is 6.26. The van der Waals surface area contributed by atoms with E-state index in [0.717, 1.165) is 18.4 Å². The Bertz CT molecular complexity index is 580. The molecule has 1 amide bonds. The van der Waals surface area contributed by atoms with Gasteiger partial charge in [0, 0.05) is 18.1 Å². The summed E-state index contributed by atoms with van der Waals surface area (Å²) in [4.78, 5) is 11.8. The van der Waals surface area contributed by atoms with Crippen LogP contribution in [0.1, 0.15) is 44.1 Å². The zero-order valence-corrected chi connectivity index (χ0v) is 14.6. The van der Waals surface area contributed by atoms with Crippen molar-refractivity contribution in [3.8, 4) is 0 Å². The lowest BCUT2D eigenvalue weighted by molar-refractivity contribution is -0.182. The Morgan fingerprint density at radius 2 is 1.65 bits per heavy atom. The first-order valence-corrected chi connectivity index (χ1v) is 9.20. The lowest BCUT2D eigenvalue weighted by Gasteiger charge is -2.40. The van der Waals surface area contributed by atoms with Gasteiger partial charge in [-0.25, -0.2) is 4.79 Å². The third-order valence-corrected chi connectivity index (χ3v) is 5.33. The minimum atomic E-state index is -4.06. The molecule has 2 fully saturated rings. The number of alkyl carbamates (subject to hydrolysis) is 1. The molecule has 2 aliphatic carbocycles. The number of ether oxygens (including phenoxy) is 1. The maximum Gasteiger partial charge on any atom is 0.407 e. The van der Waals surface area contributed by atoms with Crippen molar-refractivity contribution in [1.29, 1.82) is 0 Å². The first-order valence-electron chi connectivity index (χ1n) is 9.20. The van der Waals surface area contributed by atoms with Crippen LogP contribution in [0, 0.1) is 5.92 Å². The Hall–Kier alpha value is -1.76. The summed E-state index contributed by atoms with van der Waals surface area (Å²) in [6.07, 6.45) is -1.35. The molecule has 0 atom stereocenters. The maximum atomic E-state index is 12.7. The van der Waals surface area contributed by atoms with Crippen molar-refractivity contribution < 1.29 is 22.7 Å². The summed E-state index contributed by atoms with van der Waals surface area (Å²) in [5.41, 5.74) is 0.935. The molecule has 2 saturated carbocycles. The van der Waals surface area contributed by atoms with Crippen LogP contribution in [0.5, 0.6) is 0 Å². The SMILES string of the molecule is O=C(NC1CC(NC2CCC(C(F)(F)F)CC2)C1)OCc1ccccc1. The molecule has 1 aromatic rings. The lowest BCUT2D eigenvalue weighted by atomic mass is 9.82. The van der Waals surface area contributed by atoms with Crippen LogP contribution >= 0.6 is 0 Å². The molecule has 0 saturated heterocycles. The number of benzene rings is 1. The largest absolute Gasteiger partial charge is 0.445 e. The van der Waals surface area contributed by atoms with Crippen LogP contribution < -0.4 is 10.6 Å². The Balaban J connectivity index is 1.28. The highest BCUT2D eigenvalue weighted by Crippen LogP contribution is 2.38. The third-order valence-electron chi connectivity index (χ3n) is 5.33. The van der Waals surface area contributed by atoms with Crippen LogP contribution in [-0.4, -0.2) is 30.4 Å². The van der Waals surface area contributed by atoms with Gasteiger partial charge in [-0.15, -0.1) is 0 Å². The van der Waals surface area contributed by atoms with E-state index in [-0.39, 0.29) is 37.6 Å². The average molecular weight is 370 g/mol. The lowest BCUT2D eigenvalue weighted by Crippen LogP contribution is -2.55. The van der Waals surface area contributed by atoms with Crippen LogP contribution in [0.2, 0.25) is 0 Å². The van der Waals surface area contributed by atoms with E-state index >= 15 is 0 Å². The standard InChI is InChI=1S/C19H25F3N2O2/c20-19(21,22)14-6-8-15(9-7-14)23-16-10-17(11-16)24-18(25)26-12-13-4-2-1-3-5-13/h1-5,14-17,23H,6-12H2,(H,24,25). The molecule has 0 aliphatic heterocycles. The number of carbonyl (C=O) groups excluding carboxylic acids is 1. The first kappa shape index (κ1) is 19.0. The molecule has 144 valence electrons. The van der Waals surface area contributed by atoms with E-state index < -0.39 is 18.2 Å². The minimum Gasteiger partial charge on any atom is -0.445 e. The van der Waals surface area contributed by atoms with Gasteiger partial charge in [0.2, 0.25) is 0 Å². The van der Waals surface area contributed by atoms with Gasteiger partial charge >= 0.3 is 12.3 Å². The van der Waals surface area contributed by atoms with Crippen molar-refractivity contribution in [3.05, 3.63) is 35.9 Å². The van der Waals surface area contributed by atoms with E-state index in [1.165, 1.54) is 0 Å². The number of carbonyl (C=O) groups is 1. The van der Waals surface area contributed by atoms with Gasteiger partial charge in [0.15, 0.2) is 0 Å². The summed E-state index contributed by atoms with van der Waals surface area (Å²) < 4.78 is 43.2. The van der Waals surface area contributed by atoms with Crippen LogP contribution in [-0.2, 0) is 11.3 Å². The number of alkyl halides is 3. The molecular weight excluding hydrogens is 345 g/mol. The van der Waals surface area contributed by atoms with Crippen molar-refractivity contribution in [2.24, 2.45) is 5.92 Å². The van der Waals surface area contributed by atoms with Crippen molar-refractivity contribution >= 4 is 6.09 Å². The Kier molecular flexibility index (Phi) is 6.06. The molecule has 4 nitrogen and oxygen atoms in total. The van der Waals surface area contributed by atoms with Crippen molar-refractivity contribution in [2.45, 2.75) is 69.4 Å². The zero-order valence-electron chi connectivity index (χ0n) is 14.6. The second-order valence-electron chi connectivity index (χ2n) is 7.33. The normalized spacial score (nSPS) is 28.9. The topological polar surface area (TPSA) is 50.4 Å². The van der Waals surface area contributed by atoms with E-state index in [0.29, 0.717) is 12.8 Å². The predicted molar refractivity (Wildman–Crippen MR) is 91.5 cm³/mol. The van der Waals surface area contributed by atoms with Gasteiger partial charge in [0.1, 0.15) is 6.61 Å². The molecule has 0 bridgehead atoms. The zero-order chi connectivity index (χ0) is 18.6. The van der Waals surface area contributed by atoms with Gasteiger partial charge in [0.25, 0.3) is 0 Å². The van der Waals surface area contributed by atoms with Gasteiger partial charge in [-0.05, 0) is 44.1 Å². The molecular formula is C19H25F3N2O2. The third kappa shape index (κ3) is 5.37. The number of amides is 1. The van der Waals surface area contributed by atoms with Crippen LogP contribution in [0.4, 0.5) is 18.0 Å². The van der Waals surface area contributed by atoms with Gasteiger partial charge in [0.05, 0.1) is 5.92 Å². The smallest absolute Gasteiger partial charge is 0.407 e. The molecule has 2 aliphatic rings. The summed E-state index contributed by atoms with van der Waals surface area (Å²) in [6, 6.07) is 9.96. The number of hydrogen-bond donors (Lipinski definition) is 2. The Labute approximate surface area is 151 Å². The minimum absolute atomic E-state index is 0.0716.